The summed E-state index contributed by atoms with van der Waals surface area (Å²) in [7, 11) is 3.64. The molecule has 6 heteroatoms. The Balaban J connectivity index is 3.36. The van der Waals surface area contributed by atoms with Crippen LogP contribution in [0.15, 0.2) is 24.3 Å². The van der Waals surface area contributed by atoms with Crippen molar-refractivity contribution in [3.05, 3.63) is 41.0 Å². The minimum atomic E-state index is -0.699. The summed E-state index contributed by atoms with van der Waals surface area (Å²) >= 11 is 0. The van der Waals surface area contributed by atoms with Crippen molar-refractivity contribution in [3.63, 3.8) is 0 Å². The maximum Gasteiger partial charge on any atom is 0.339 e. The molecular weight excluding hydrogens is 264 g/mol. The largest absolute Gasteiger partial charge is 0.466 e. The molecule has 0 N–H and O–H groups in total. The average Bonchev–Trinajstić information content (AvgIpc) is 2.50. The molecule has 0 aliphatic carbocycles. The third-order valence-corrected chi connectivity index (χ3v) is 2.49. The van der Waals surface area contributed by atoms with E-state index < -0.39 is 17.9 Å². The van der Waals surface area contributed by atoms with E-state index >= 15 is 0 Å². The van der Waals surface area contributed by atoms with E-state index in [0.717, 1.165) is 6.08 Å². The zero-order valence-corrected chi connectivity index (χ0v) is 11.3. The number of carbonyl (C=O) groups is 3. The molecule has 1 aromatic carbocycles. The molecule has 0 aromatic heterocycles. The van der Waals surface area contributed by atoms with E-state index in [1.54, 1.807) is 12.1 Å². The Kier molecular flexibility index (Phi) is 5.46. The van der Waals surface area contributed by atoms with Crippen molar-refractivity contribution in [3.8, 4) is 0 Å². The van der Waals surface area contributed by atoms with Crippen LogP contribution in [0.4, 0.5) is 0 Å². The molecular formula is C14H14O6. The smallest absolute Gasteiger partial charge is 0.339 e. The lowest BCUT2D eigenvalue weighted by Gasteiger charge is -2.09. The summed E-state index contributed by atoms with van der Waals surface area (Å²) < 4.78 is 13.7. The van der Waals surface area contributed by atoms with Crippen molar-refractivity contribution >= 4 is 24.0 Å². The molecule has 0 aliphatic rings. The lowest BCUT2D eigenvalue weighted by molar-refractivity contribution is -0.134. The molecule has 0 unspecified atom stereocenters. The highest BCUT2D eigenvalue weighted by atomic mass is 16.5. The topological polar surface area (TPSA) is 78.9 Å². The summed E-state index contributed by atoms with van der Waals surface area (Å²) in [6.07, 6.45) is 2.51. The van der Waals surface area contributed by atoms with Crippen LogP contribution >= 0.6 is 0 Å². The molecule has 6 nitrogen and oxygen atoms in total. The molecule has 0 atom stereocenters. The van der Waals surface area contributed by atoms with Crippen molar-refractivity contribution in [2.75, 3.05) is 21.3 Å². The van der Waals surface area contributed by atoms with Gasteiger partial charge in [-0.05, 0) is 17.7 Å². The van der Waals surface area contributed by atoms with Gasteiger partial charge in [0.2, 0.25) is 0 Å². The molecule has 0 aliphatic heterocycles. The van der Waals surface area contributed by atoms with Crippen LogP contribution in [0.5, 0.6) is 0 Å². The van der Waals surface area contributed by atoms with E-state index in [0.29, 0.717) is 5.56 Å². The first kappa shape index (κ1) is 15.4. The maximum atomic E-state index is 11.8. The average molecular weight is 278 g/mol. The van der Waals surface area contributed by atoms with Gasteiger partial charge >= 0.3 is 17.9 Å². The fourth-order valence-corrected chi connectivity index (χ4v) is 1.54. The van der Waals surface area contributed by atoms with Crippen molar-refractivity contribution in [1.29, 1.82) is 0 Å². The third-order valence-electron chi connectivity index (χ3n) is 2.49. The van der Waals surface area contributed by atoms with Crippen molar-refractivity contribution in [1.82, 2.24) is 0 Å². The number of esters is 3. The lowest BCUT2D eigenvalue weighted by atomic mass is 10.0. The SMILES string of the molecule is COC(=O)C=Cc1cccc(C(=O)OC)c1C(=O)OC. The van der Waals surface area contributed by atoms with Gasteiger partial charge in [0.15, 0.2) is 0 Å². The summed E-state index contributed by atoms with van der Waals surface area (Å²) in [5.41, 5.74) is 0.443. The first-order chi connectivity index (χ1) is 9.54. The van der Waals surface area contributed by atoms with Gasteiger partial charge in [0.1, 0.15) is 0 Å². The van der Waals surface area contributed by atoms with Crippen LogP contribution < -0.4 is 0 Å². The van der Waals surface area contributed by atoms with Gasteiger partial charge in [0, 0.05) is 6.08 Å². The number of carbonyl (C=O) groups excluding carboxylic acids is 3. The first-order valence-corrected chi connectivity index (χ1v) is 5.60. The van der Waals surface area contributed by atoms with Gasteiger partial charge in [0.25, 0.3) is 0 Å². The van der Waals surface area contributed by atoms with E-state index in [9.17, 15) is 14.4 Å². The molecule has 0 fully saturated rings. The van der Waals surface area contributed by atoms with Gasteiger partial charge < -0.3 is 14.2 Å². The molecule has 0 spiro atoms. The number of benzene rings is 1. The normalized spacial score (nSPS) is 10.2. The molecule has 0 radical (unpaired) electrons. The van der Waals surface area contributed by atoms with Gasteiger partial charge in [-0.1, -0.05) is 12.1 Å². The molecule has 20 heavy (non-hydrogen) atoms. The van der Waals surface area contributed by atoms with Gasteiger partial charge in [-0.3, -0.25) is 0 Å². The molecule has 1 rings (SSSR count). The Morgan fingerprint density at radius 2 is 1.60 bits per heavy atom. The molecule has 106 valence electrons. The lowest BCUT2D eigenvalue weighted by Crippen LogP contribution is -2.13. The highest BCUT2D eigenvalue weighted by Gasteiger charge is 2.21. The fourth-order valence-electron chi connectivity index (χ4n) is 1.54. The molecule has 0 saturated heterocycles. The second kappa shape index (κ2) is 7.08. The van der Waals surface area contributed by atoms with Crippen molar-refractivity contribution < 1.29 is 28.6 Å². The predicted octanol–water partition coefficient (Wildman–Crippen LogP) is 1.45. The molecule has 1 aromatic rings. The highest BCUT2D eigenvalue weighted by molar-refractivity contribution is 6.06. The van der Waals surface area contributed by atoms with Gasteiger partial charge in [0.05, 0.1) is 32.5 Å². The van der Waals surface area contributed by atoms with E-state index in [-0.39, 0.29) is 11.1 Å². The first-order valence-electron chi connectivity index (χ1n) is 5.60. The summed E-state index contributed by atoms with van der Waals surface area (Å²) in [6.45, 7) is 0. The van der Waals surface area contributed by atoms with Gasteiger partial charge in [-0.2, -0.15) is 0 Å². The van der Waals surface area contributed by atoms with Gasteiger partial charge in [-0.15, -0.1) is 0 Å². The fraction of sp³-hybridized carbons (Fsp3) is 0.214. The molecule has 0 bridgehead atoms. The van der Waals surface area contributed by atoms with Crippen molar-refractivity contribution in [2.45, 2.75) is 0 Å². The number of rotatable bonds is 4. The molecule has 0 saturated carbocycles. The zero-order valence-electron chi connectivity index (χ0n) is 11.3. The van der Waals surface area contributed by atoms with Crippen molar-refractivity contribution in [2.24, 2.45) is 0 Å². The maximum absolute atomic E-state index is 11.8. The number of methoxy groups -OCH3 is 3. The summed E-state index contributed by atoms with van der Waals surface area (Å²) in [4.78, 5) is 34.6. The van der Waals surface area contributed by atoms with E-state index in [1.807, 2.05) is 0 Å². The van der Waals surface area contributed by atoms with Crippen LogP contribution in [0.3, 0.4) is 0 Å². The molecule has 0 amide bonds. The summed E-state index contributed by atoms with van der Waals surface area (Å²) in [5.74, 6) is -1.95. The standard InChI is InChI=1S/C14H14O6/c1-18-11(15)8-7-9-5-4-6-10(13(16)19-2)12(9)14(17)20-3/h4-8H,1-3H3. The third kappa shape index (κ3) is 3.44. The van der Waals surface area contributed by atoms with Crippen LogP contribution in [0, 0.1) is 0 Å². The quantitative estimate of drug-likeness (QED) is 0.471. The second-order valence-electron chi connectivity index (χ2n) is 3.61. The Morgan fingerprint density at radius 1 is 0.950 bits per heavy atom. The Labute approximate surface area is 115 Å². The second-order valence-corrected chi connectivity index (χ2v) is 3.61. The van der Waals surface area contributed by atoms with E-state index in [1.165, 1.54) is 33.5 Å². The summed E-state index contributed by atoms with van der Waals surface area (Å²) in [6, 6.07) is 4.57. The monoisotopic (exact) mass is 278 g/mol. The van der Waals surface area contributed by atoms with Gasteiger partial charge in [-0.25, -0.2) is 14.4 Å². The highest BCUT2D eigenvalue weighted by Crippen LogP contribution is 2.19. The minimum Gasteiger partial charge on any atom is -0.466 e. The van der Waals surface area contributed by atoms with Crippen LogP contribution in [-0.4, -0.2) is 39.2 Å². The Hall–Kier alpha value is -2.63. The minimum absolute atomic E-state index is 0.0296. The van der Waals surface area contributed by atoms with E-state index in [2.05, 4.69) is 14.2 Å². The van der Waals surface area contributed by atoms with Crippen LogP contribution in [0.2, 0.25) is 0 Å². The van der Waals surface area contributed by atoms with Crippen LogP contribution in [0.25, 0.3) is 6.08 Å². The number of hydrogen-bond acceptors (Lipinski definition) is 6. The molecule has 0 heterocycles. The predicted molar refractivity (Wildman–Crippen MR) is 70.2 cm³/mol. The Morgan fingerprint density at radius 3 is 2.15 bits per heavy atom. The van der Waals surface area contributed by atoms with Crippen LogP contribution in [0.1, 0.15) is 26.3 Å². The van der Waals surface area contributed by atoms with E-state index in [4.69, 9.17) is 0 Å². The number of hydrogen-bond donors (Lipinski definition) is 0. The zero-order chi connectivity index (χ0) is 15.1. The number of ether oxygens (including phenoxy) is 3. The Bertz CT molecular complexity index is 559. The summed E-state index contributed by atoms with van der Waals surface area (Å²) in [5, 5.41) is 0. The van der Waals surface area contributed by atoms with Crippen LogP contribution in [-0.2, 0) is 19.0 Å².